The lowest BCUT2D eigenvalue weighted by molar-refractivity contribution is 0.943. The maximum atomic E-state index is 4.37. The highest BCUT2D eigenvalue weighted by Gasteiger charge is 2.05. The van der Waals surface area contributed by atoms with Crippen molar-refractivity contribution in [2.45, 2.75) is 19.8 Å². The molecule has 0 bridgehead atoms. The van der Waals surface area contributed by atoms with E-state index in [0.717, 1.165) is 36.5 Å². The van der Waals surface area contributed by atoms with Gasteiger partial charge in [-0.2, -0.15) is 0 Å². The van der Waals surface area contributed by atoms with Crippen molar-refractivity contribution < 1.29 is 0 Å². The van der Waals surface area contributed by atoms with E-state index in [2.05, 4.69) is 27.2 Å². The van der Waals surface area contributed by atoms with E-state index in [0.29, 0.717) is 0 Å². The molecule has 2 aromatic rings. The summed E-state index contributed by atoms with van der Waals surface area (Å²) in [6.07, 6.45) is 8.90. The summed E-state index contributed by atoms with van der Waals surface area (Å²) in [7, 11) is 0. The predicted octanol–water partition coefficient (Wildman–Crippen LogP) is 2.28. The number of pyridine rings is 1. The number of nitrogens with zero attached hydrogens (tertiary/aromatic N) is 3. The first-order valence-electron chi connectivity index (χ1n) is 5.83. The molecule has 0 spiro atoms. The molecule has 0 aliphatic carbocycles. The van der Waals surface area contributed by atoms with Crippen LogP contribution in [-0.2, 0) is 6.42 Å². The Kier molecular flexibility index (Phi) is 4.02. The molecule has 0 atom stereocenters. The topological polar surface area (TPSA) is 50.7 Å². The van der Waals surface area contributed by atoms with Gasteiger partial charge in [0.05, 0.1) is 5.69 Å². The first-order valence-corrected chi connectivity index (χ1v) is 5.83. The molecule has 0 radical (unpaired) electrons. The Labute approximate surface area is 101 Å². The Hall–Kier alpha value is -1.97. The van der Waals surface area contributed by atoms with Crippen molar-refractivity contribution in [3.63, 3.8) is 0 Å². The van der Waals surface area contributed by atoms with Crippen molar-refractivity contribution in [2.24, 2.45) is 0 Å². The average molecular weight is 228 g/mol. The van der Waals surface area contributed by atoms with E-state index in [-0.39, 0.29) is 0 Å². The van der Waals surface area contributed by atoms with Gasteiger partial charge in [-0.1, -0.05) is 13.0 Å². The van der Waals surface area contributed by atoms with Crippen LogP contribution in [0.15, 0.2) is 36.9 Å². The van der Waals surface area contributed by atoms with Crippen LogP contribution in [0.1, 0.15) is 24.6 Å². The fraction of sp³-hybridized carbons (Fsp3) is 0.308. The second kappa shape index (κ2) is 5.94. The van der Waals surface area contributed by atoms with Crippen LogP contribution in [0.4, 0.5) is 5.82 Å². The maximum absolute atomic E-state index is 4.37. The normalized spacial score (nSPS) is 10.2. The van der Waals surface area contributed by atoms with Crippen molar-refractivity contribution in [3.8, 4) is 0 Å². The first-order chi connectivity index (χ1) is 8.40. The summed E-state index contributed by atoms with van der Waals surface area (Å²) in [6, 6.07) is 3.98. The van der Waals surface area contributed by atoms with Crippen LogP contribution in [-0.4, -0.2) is 21.5 Å². The fourth-order valence-corrected chi connectivity index (χ4v) is 1.58. The van der Waals surface area contributed by atoms with Gasteiger partial charge in [-0.15, -0.1) is 0 Å². The Morgan fingerprint density at radius 2 is 2.06 bits per heavy atom. The molecule has 0 aliphatic heterocycles. The van der Waals surface area contributed by atoms with Crippen molar-refractivity contribution in [1.29, 1.82) is 0 Å². The first kappa shape index (κ1) is 11.5. The standard InChI is InChI=1S/C13H16N4/c1-2-5-16-13-12(15-7-8-17-13)9-11-4-3-6-14-10-11/h3-4,6-8,10H,2,5,9H2,1H3,(H,16,17). The molecule has 2 aromatic heterocycles. The summed E-state index contributed by atoms with van der Waals surface area (Å²) in [6.45, 7) is 3.04. The van der Waals surface area contributed by atoms with Gasteiger partial charge in [0, 0.05) is 37.8 Å². The SMILES string of the molecule is CCCNc1nccnc1Cc1cccnc1. The van der Waals surface area contributed by atoms with E-state index >= 15 is 0 Å². The summed E-state index contributed by atoms with van der Waals surface area (Å²) in [4.78, 5) is 12.8. The van der Waals surface area contributed by atoms with Crippen LogP contribution >= 0.6 is 0 Å². The lowest BCUT2D eigenvalue weighted by Gasteiger charge is -2.08. The monoisotopic (exact) mass is 228 g/mol. The maximum Gasteiger partial charge on any atom is 0.148 e. The third kappa shape index (κ3) is 3.24. The molecular formula is C13H16N4. The zero-order chi connectivity index (χ0) is 11.9. The van der Waals surface area contributed by atoms with Crippen LogP contribution in [0.25, 0.3) is 0 Å². The minimum atomic E-state index is 0.758. The van der Waals surface area contributed by atoms with Crippen LogP contribution in [0, 0.1) is 0 Å². The zero-order valence-corrected chi connectivity index (χ0v) is 9.93. The van der Waals surface area contributed by atoms with E-state index in [4.69, 9.17) is 0 Å². The van der Waals surface area contributed by atoms with Gasteiger partial charge in [0.15, 0.2) is 0 Å². The molecule has 0 fully saturated rings. The van der Waals surface area contributed by atoms with Gasteiger partial charge in [-0.05, 0) is 18.1 Å². The summed E-state index contributed by atoms with van der Waals surface area (Å²) in [5, 5.41) is 3.29. The largest absolute Gasteiger partial charge is 0.369 e. The van der Waals surface area contributed by atoms with Crippen molar-refractivity contribution in [3.05, 3.63) is 48.2 Å². The Morgan fingerprint density at radius 3 is 2.82 bits per heavy atom. The molecule has 0 amide bonds. The smallest absolute Gasteiger partial charge is 0.148 e. The van der Waals surface area contributed by atoms with E-state index in [1.165, 1.54) is 0 Å². The lowest BCUT2D eigenvalue weighted by Crippen LogP contribution is -2.07. The Bertz CT molecular complexity index is 456. The molecule has 0 aliphatic rings. The average Bonchev–Trinajstić information content (AvgIpc) is 2.39. The summed E-state index contributed by atoms with van der Waals surface area (Å²) in [5.74, 6) is 0.873. The van der Waals surface area contributed by atoms with Gasteiger partial charge >= 0.3 is 0 Å². The third-order valence-electron chi connectivity index (χ3n) is 2.41. The fourth-order valence-electron chi connectivity index (χ4n) is 1.58. The van der Waals surface area contributed by atoms with Gasteiger partial charge in [0.2, 0.25) is 0 Å². The van der Waals surface area contributed by atoms with Gasteiger partial charge in [-0.3, -0.25) is 9.97 Å². The van der Waals surface area contributed by atoms with Crippen LogP contribution < -0.4 is 5.32 Å². The highest BCUT2D eigenvalue weighted by Crippen LogP contribution is 2.13. The lowest BCUT2D eigenvalue weighted by atomic mass is 10.1. The second-order valence-corrected chi connectivity index (χ2v) is 3.82. The molecule has 0 aromatic carbocycles. The van der Waals surface area contributed by atoms with Gasteiger partial charge in [0.1, 0.15) is 5.82 Å². The van der Waals surface area contributed by atoms with Gasteiger partial charge in [0.25, 0.3) is 0 Å². The van der Waals surface area contributed by atoms with Crippen molar-refractivity contribution in [2.75, 3.05) is 11.9 Å². The number of hydrogen-bond donors (Lipinski definition) is 1. The minimum Gasteiger partial charge on any atom is -0.369 e. The highest BCUT2D eigenvalue weighted by molar-refractivity contribution is 5.41. The van der Waals surface area contributed by atoms with Crippen LogP contribution in [0.5, 0.6) is 0 Å². The molecule has 0 saturated heterocycles. The number of rotatable bonds is 5. The predicted molar refractivity (Wildman–Crippen MR) is 67.9 cm³/mol. The molecule has 0 saturated carbocycles. The molecule has 17 heavy (non-hydrogen) atoms. The molecular weight excluding hydrogens is 212 g/mol. The van der Waals surface area contributed by atoms with Crippen LogP contribution in [0.2, 0.25) is 0 Å². The number of anilines is 1. The number of nitrogens with one attached hydrogen (secondary N) is 1. The van der Waals surface area contributed by atoms with Gasteiger partial charge < -0.3 is 5.32 Å². The number of hydrogen-bond acceptors (Lipinski definition) is 4. The van der Waals surface area contributed by atoms with Crippen molar-refractivity contribution >= 4 is 5.82 Å². The van der Waals surface area contributed by atoms with Crippen molar-refractivity contribution in [1.82, 2.24) is 15.0 Å². The second-order valence-electron chi connectivity index (χ2n) is 3.82. The highest BCUT2D eigenvalue weighted by atomic mass is 15.0. The summed E-state index contributed by atoms with van der Waals surface area (Å²) >= 11 is 0. The third-order valence-corrected chi connectivity index (χ3v) is 2.41. The number of aromatic nitrogens is 3. The van der Waals surface area contributed by atoms with E-state index in [1.807, 2.05) is 18.3 Å². The quantitative estimate of drug-likeness (QED) is 0.853. The molecule has 88 valence electrons. The Morgan fingerprint density at radius 1 is 1.18 bits per heavy atom. The zero-order valence-electron chi connectivity index (χ0n) is 9.93. The molecule has 4 heteroatoms. The molecule has 2 rings (SSSR count). The van der Waals surface area contributed by atoms with E-state index < -0.39 is 0 Å². The van der Waals surface area contributed by atoms with Crippen LogP contribution in [0.3, 0.4) is 0 Å². The minimum absolute atomic E-state index is 0.758. The molecule has 0 unspecified atom stereocenters. The van der Waals surface area contributed by atoms with E-state index in [9.17, 15) is 0 Å². The summed E-state index contributed by atoms with van der Waals surface area (Å²) in [5.41, 5.74) is 2.11. The molecule has 4 nitrogen and oxygen atoms in total. The van der Waals surface area contributed by atoms with Gasteiger partial charge in [-0.25, -0.2) is 4.98 Å². The molecule has 2 heterocycles. The molecule has 1 N–H and O–H groups in total. The Balaban J connectivity index is 2.15. The summed E-state index contributed by atoms with van der Waals surface area (Å²) < 4.78 is 0. The van der Waals surface area contributed by atoms with E-state index in [1.54, 1.807) is 18.6 Å².